The van der Waals surface area contributed by atoms with E-state index in [1.54, 1.807) is 24.3 Å². The number of anilines is 1. The van der Waals surface area contributed by atoms with Gasteiger partial charge >= 0.3 is 5.97 Å². The van der Waals surface area contributed by atoms with Gasteiger partial charge < -0.3 is 15.7 Å². The van der Waals surface area contributed by atoms with Gasteiger partial charge in [-0.3, -0.25) is 14.4 Å². The van der Waals surface area contributed by atoms with Crippen molar-refractivity contribution in [3.8, 4) is 0 Å². The number of hydrogen-bond acceptors (Lipinski definition) is 3. The van der Waals surface area contributed by atoms with Crippen molar-refractivity contribution in [1.29, 1.82) is 0 Å². The van der Waals surface area contributed by atoms with Crippen LogP contribution >= 0.6 is 0 Å². The molecule has 0 spiro atoms. The molecule has 4 fully saturated rings. The van der Waals surface area contributed by atoms with E-state index in [0.29, 0.717) is 17.2 Å². The predicted octanol–water partition coefficient (Wildman–Crippen LogP) is 3.82. The molecular formula is C23H30N2O4. The maximum absolute atomic E-state index is 13.3. The number of nitrogens with one attached hydrogen (secondary N) is 2. The summed E-state index contributed by atoms with van der Waals surface area (Å²) in [6, 6.07) is 5.69. The first-order valence-corrected chi connectivity index (χ1v) is 10.5. The van der Waals surface area contributed by atoms with Gasteiger partial charge in [0.1, 0.15) is 6.04 Å². The van der Waals surface area contributed by atoms with Crippen molar-refractivity contribution in [3.63, 3.8) is 0 Å². The van der Waals surface area contributed by atoms with Crippen molar-refractivity contribution in [3.05, 3.63) is 29.8 Å². The van der Waals surface area contributed by atoms with Gasteiger partial charge in [-0.1, -0.05) is 13.8 Å². The Morgan fingerprint density at radius 3 is 2.10 bits per heavy atom. The molecule has 1 aromatic rings. The predicted molar refractivity (Wildman–Crippen MR) is 109 cm³/mol. The number of aliphatic carboxylic acids is 1. The zero-order valence-electron chi connectivity index (χ0n) is 17.4. The third-order valence-corrected chi connectivity index (χ3v) is 7.23. The summed E-state index contributed by atoms with van der Waals surface area (Å²) in [6.07, 6.45) is 6.63. The highest BCUT2D eigenvalue weighted by Gasteiger charge is 2.62. The second kappa shape index (κ2) is 6.57. The van der Waals surface area contributed by atoms with Gasteiger partial charge in [-0.05, 0) is 86.5 Å². The molecule has 0 aromatic heterocycles. The van der Waals surface area contributed by atoms with E-state index in [1.807, 2.05) is 0 Å². The molecule has 6 heteroatoms. The van der Waals surface area contributed by atoms with Crippen molar-refractivity contribution in [2.75, 3.05) is 5.32 Å². The number of amides is 2. The average Bonchev–Trinajstić information content (AvgIpc) is 2.59. The van der Waals surface area contributed by atoms with Gasteiger partial charge in [0.05, 0.1) is 5.41 Å². The minimum absolute atomic E-state index is 0.107. The van der Waals surface area contributed by atoms with Crippen molar-refractivity contribution < 1.29 is 19.5 Å². The van der Waals surface area contributed by atoms with Crippen LogP contribution in [0.2, 0.25) is 0 Å². The van der Waals surface area contributed by atoms with Crippen LogP contribution in [0, 0.1) is 22.2 Å². The van der Waals surface area contributed by atoms with Gasteiger partial charge in [-0.15, -0.1) is 0 Å². The van der Waals surface area contributed by atoms with E-state index in [1.165, 1.54) is 26.2 Å². The molecule has 4 saturated carbocycles. The van der Waals surface area contributed by atoms with E-state index in [-0.39, 0.29) is 22.2 Å². The first-order valence-electron chi connectivity index (χ1n) is 10.5. The van der Waals surface area contributed by atoms with E-state index in [0.717, 1.165) is 19.3 Å². The van der Waals surface area contributed by atoms with Crippen LogP contribution in [0.15, 0.2) is 24.3 Å². The lowest BCUT2D eigenvalue weighted by molar-refractivity contribution is -0.165. The number of hydrogen-bond donors (Lipinski definition) is 3. The minimum atomic E-state index is -1.08. The number of carboxylic acid groups (broad SMARTS) is 1. The molecule has 4 bridgehead atoms. The van der Waals surface area contributed by atoms with E-state index < -0.39 is 17.9 Å². The molecule has 29 heavy (non-hydrogen) atoms. The Labute approximate surface area is 171 Å². The maximum Gasteiger partial charge on any atom is 0.325 e. The van der Waals surface area contributed by atoms with Gasteiger partial charge in [0.2, 0.25) is 5.91 Å². The molecule has 6 nitrogen and oxygen atoms in total. The van der Waals surface area contributed by atoms with Gasteiger partial charge in [0, 0.05) is 11.3 Å². The molecule has 1 aromatic carbocycles. The molecule has 0 heterocycles. The summed E-state index contributed by atoms with van der Waals surface area (Å²) in [5, 5.41) is 14.4. The highest BCUT2D eigenvalue weighted by atomic mass is 16.4. The molecule has 2 amide bonds. The minimum Gasteiger partial charge on any atom is -0.480 e. The summed E-state index contributed by atoms with van der Waals surface area (Å²) in [6.45, 7) is 6.12. The van der Waals surface area contributed by atoms with Crippen LogP contribution in [0.5, 0.6) is 0 Å². The molecule has 0 radical (unpaired) electrons. The van der Waals surface area contributed by atoms with Crippen LogP contribution in [0.4, 0.5) is 5.69 Å². The van der Waals surface area contributed by atoms with Crippen molar-refractivity contribution in [1.82, 2.24) is 5.32 Å². The number of benzene rings is 1. The molecule has 4 aliphatic carbocycles. The third-order valence-electron chi connectivity index (χ3n) is 7.23. The second-order valence-corrected chi connectivity index (χ2v) is 10.5. The molecule has 0 aliphatic heterocycles. The monoisotopic (exact) mass is 398 g/mol. The van der Waals surface area contributed by atoms with Crippen LogP contribution in [0.25, 0.3) is 0 Å². The average molecular weight is 399 g/mol. The standard InChI is InChI=1S/C23H30N2O4/c1-14(19(27)28)24-18(26)16-4-6-17(7-5-16)25-20(29)23-10-15-8-21(2,12-23)11-22(3,9-15)13-23/h4-7,14-15H,8-13H2,1-3H3,(H,24,26)(H,25,29)(H,27,28). The Bertz CT molecular complexity index is 844. The van der Waals surface area contributed by atoms with E-state index in [4.69, 9.17) is 5.11 Å². The summed E-state index contributed by atoms with van der Waals surface area (Å²) in [5.41, 5.74) is 1.30. The fourth-order valence-electron chi connectivity index (χ4n) is 7.01. The molecule has 3 N–H and O–H groups in total. The van der Waals surface area contributed by atoms with Crippen molar-refractivity contribution >= 4 is 23.5 Å². The lowest BCUT2D eigenvalue weighted by atomic mass is 9.40. The molecule has 4 aliphatic rings. The molecule has 3 unspecified atom stereocenters. The van der Waals surface area contributed by atoms with E-state index in [2.05, 4.69) is 24.5 Å². The van der Waals surface area contributed by atoms with Gasteiger partial charge in [-0.25, -0.2) is 0 Å². The zero-order valence-corrected chi connectivity index (χ0v) is 17.4. The van der Waals surface area contributed by atoms with Crippen LogP contribution in [-0.2, 0) is 9.59 Å². The van der Waals surface area contributed by atoms with Crippen LogP contribution < -0.4 is 10.6 Å². The lowest BCUT2D eigenvalue weighted by Crippen LogP contribution is -2.58. The van der Waals surface area contributed by atoms with E-state index in [9.17, 15) is 14.4 Å². The Hall–Kier alpha value is -2.37. The molecule has 3 atom stereocenters. The molecular weight excluding hydrogens is 368 g/mol. The third kappa shape index (κ3) is 3.65. The van der Waals surface area contributed by atoms with Crippen LogP contribution in [0.3, 0.4) is 0 Å². The number of carbonyl (C=O) groups excluding carboxylic acids is 2. The Morgan fingerprint density at radius 2 is 1.59 bits per heavy atom. The summed E-state index contributed by atoms with van der Waals surface area (Å²) in [5.74, 6) is -0.773. The van der Waals surface area contributed by atoms with Crippen LogP contribution in [0.1, 0.15) is 69.7 Å². The summed E-state index contributed by atoms with van der Waals surface area (Å²) < 4.78 is 0. The fraction of sp³-hybridized carbons (Fsp3) is 0.609. The quantitative estimate of drug-likeness (QED) is 0.702. The van der Waals surface area contributed by atoms with E-state index >= 15 is 0 Å². The SMILES string of the molecule is CC(NC(=O)c1ccc(NC(=O)C23CC4CC(C)(CC(C)(C4)C2)C3)cc1)C(=O)O. The largest absolute Gasteiger partial charge is 0.480 e. The highest BCUT2D eigenvalue weighted by molar-refractivity contribution is 5.98. The lowest BCUT2D eigenvalue weighted by Gasteiger charge is -2.64. The highest BCUT2D eigenvalue weighted by Crippen LogP contribution is 2.69. The second-order valence-electron chi connectivity index (χ2n) is 10.5. The molecule has 5 rings (SSSR count). The number of rotatable bonds is 5. The smallest absolute Gasteiger partial charge is 0.325 e. The normalized spacial score (nSPS) is 35.8. The van der Waals surface area contributed by atoms with Crippen molar-refractivity contribution in [2.45, 2.75) is 65.3 Å². The number of carboxylic acids is 1. The first-order chi connectivity index (χ1) is 13.5. The Kier molecular flexibility index (Phi) is 4.52. The Balaban J connectivity index is 1.45. The van der Waals surface area contributed by atoms with Gasteiger partial charge in [-0.2, -0.15) is 0 Å². The van der Waals surface area contributed by atoms with Crippen molar-refractivity contribution in [2.24, 2.45) is 22.2 Å². The topological polar surface area (TPSA) is 95.5 Å². The first kappa shape index (κ1) is 19.9. The van der Waals surface area contributed by atoms with Gasteiger partial charge in [0.15, 0.2) is 0 Å². The van der Waals surface area contributed by atoms with Gasteiger partial charge in [0.25, 0.3) is 5.91 Å². The molecule has 156 valence electrons. The Morgan fingerprint density at radius 1 is 1.00 bits per heavy atom. The van der Waals surface area contributed by atoms with Crippen LogP contribution in [-0.4, -0.2) is 28.9 Å². The fourth-order valence-corrected chi connectivity index (χ4v) is 7.01. The number of carbonyl (C=O) groups is 3. The zero-order chi connectivity index (χ0) is 21.0. The maximum atomic E-state index is 13.3. The molecule has 0 saturated heterocycles. The summed E-state index contributed by atoms with van der Waals surface area (Å²) >= 11 is 0. The summed E-state index contributed by atoms with van der Waals surface area (Å²) in [7, 11) is 0. The summed E-state index contributed by atoms with van der Waals surface area (Å²) in [4.78, 5) is 36.4.